The molecule has 0 saturated carbocycles. The molecule has 80 valence electrons. The van der Waals surface area contributed by atoms with Crippen molar-refractivity contribution in [1.29, 1.82) is 0 Å². The SMILES string of the molecule is O=C(CCc1ccccc1)CC1CNC1. The molecule has 1 aliphatic heterocycles. The first-order chi connectivity index (χ1) is 7.34. The normalized spacial score (nSPS) is 16.0. The summed E-state index contributed by atoms with van der Waals surface area (Å²) in [6.07, 6.45) is 2.35. The summed E-state index contributed by atoms with van der Waals surface area (Å²) in [6, 6.07) is 10.2. The average Bonchev–Trinajstić information content (AvgIpc) is 2.22. The second kappa shape index (κ2) is 5.08. The zero-order valence-corrected chi connectivity index (χ0v) is 8.91. The molecule has 2 nitrogen and oxygen atoms in total. The van der Waals surface area contributed by atoms with E-state index in [4.69, 9.17) is 0 Å². The zero-order chi connectivity index (χ0) is 10.5. The van der Waals surface area contributed by atoms with Crippen LogP contribution in [0.4, 0.5) is 0 Å². The van der Waals surface area contributed by atoms with E-state index in [0.29, 0.717) is 18.1 Å². The Bertz CT molecular complexity index is 317. The molecular weight excluding hydrogens is 186 g/mol. The van der Waals surface area contributed by atoms with Crippen LogP contribution in [0.1, 0.15) is 18.4 Å². The number of carbonyl (C=O) groups is 1. The van der Waals surface area contributed by atoms with Crippen LogP contribution < -0.4 is 5.32 Å². The standard InChI is InChI=1S/C13H17NO/c15-13(8-12-9-14-10-12)7-6-11-4-2-1-3-5-11/h1-5,12,14H,6-10H2. The summed E-state index contributed by atoms with van der Waals surface area (Å²) >= 11 is 0. The van der Waals surface area contributed by atoms with E-state index in [1.54, 1.807) is 0 Å². The number of Topliss-reactive ketones (excluding diaryl/α,β-unsaturated/α-hetero) is 1. The van der Waals surface area contributed by atoms with Crippen LogP contribution in [-0.2, 0) is 11.2 Å². The molecule has 2 heteroatoms. The van der Waals surface area contributed by atoms with E-state index in [1.165, 1.54) is 5.56 Å². The lowest BCUT2D eigenvalue weighted by molar-refractivity contribution is -0.120. The Hall–Kier alpha value is -1.15. The first-order valence-electron chi connectivity index (χ1n) is 5.61. The molecule has 1 fully saturated rings. The maximum absolute atomic E-state index is 11.6. The molecule has 1 heterocycles. The minimum Gasteiger partial charge on any atom is -0.316 e. The second-order valence-electron chi connectivity index (χ2n) is 4.25. The monoisotopic (exact) mass is 203 g/mol. The van der Waals surface area contributed by atoms with Crippen LogP contribution in [0.25, 0.3) is 0 Å². The molecule has 0 unspecified atom stereocenters. The van der Waals surface area contributed by atoms with E-state index in [-0.39, 0.29) is 0 Å². The van der Waals surface area contributed by atoms with Crippen molar-refractivity contribution in [2.75, 3.05) is 13.1 Å². The maximum Gasteiger partial charge on any atom is 0.133 e. The van der Waals surface area contributed by atoms with Gasteiger partial charge in [0.1, 0.15) is 5.78 Å². The Kier molecular flexibility index (Phi) is 3.51. The van der Waals surface area contributed by atoms with Crippen molar-refractivity contribution in [1.82, 2.24) is 5.32 Å². The van der Waals surface area contributed by atoms with Crippen molar-refractivity contribution in [2.45, 2.75) is 19.3 Å². The molecular formula is C13H17NO. The highest BCUT2D eigenvalue weighted by atomic mass is 16.1. The van der Waals surface area contributed by atoms with Crippen molar-refractivity contribution < 1.29 is 4.79 Å². The van der Waals surface area contributed by atoms with Crippen molar-refractivity contribution in [3.05, 3.63) is 35.9 Å². The predicted molar refractivity (Wildman–Crippen MR) is 60.7 cm³/mol. The molecule has 0 bridgehead atoms. The largest absolute Gasteiger partial charge is 0.316 e. The topological polar surface area (TPSA) is 29.1 Å². The van der Waals surface area contributed by atoms with Gasteiger partial charge in [-0.3, -0.25) is 4.79 Å². The van der Waals surface area contributed by atoms with Crippen molar-refractivity contribution in [2.24, 2.45) is 5.92 Å². The van der Waals surface area contributed by atoms with Gasteiger partial charge in [0, 0.05) is 12.8 Å². The number of benzene rings is 1. The van der Waals surface area contributed by atoms with Crippen LogP contribution in [0.15, 0.2) is 30.3 Å². The van der Waals surface area contributed by atoms with E-state index in [1.807, 2.05) is 18.2 Å². The van der Waals surface area contributed by atoms with Gasteiger partial charge >= 0.3 is 0 Å². The first kappa shape index (κ1) is 10.4. The molecule has 1 aliphatic rings. The van der Waals surface area contributed by atoms with Gasteiger partial charge in [0.25, 0.3) is 0 Å². The average molecular weight is 203 g/mol. The quantitative estimate of drug-likeness (QED) is 0.790. The smallest absolute Gasteiger partial charge is 0.133 e. The van der Waals surface area contributed by atoms with Crippen LogP contribution >= 0.6 is 0 Å². The molecule has 1 N–H and O–H groups in total. The van der Waals surface area contributed by atoms with Gasteiger partial charge in [-0.05, 0) is 31.0 Å². The van der Waals surface area contributed by atoms with Crippen molar-refractivity contribution >= 4 is 5.78 Å². The van der Waals surface area contributed by atoms with Crippen molar-refractivity contribution in [3.8, 4) is 0 Å². The number of rotatable bonds is 5. The van der Waals surface area contributed by atoms with Crippen LogP contribution in [0.5, 0.6) is 0 Å². The fourth-order valence-electron chi connectivity index (χ4n) is 1.85. The highest BCUT2D eigenvalue weighted by molar-refractivity contribution is 5.79. The van der Waals surface area contributed by atoms with Crippen LogP contribution in [0.3, 0.4) is 0 Å². The number of hydrogen-bond acceptors (Lipinski definition) is 2. The Balaban J connectivity index is 1.71. The minimum absolute atomic E-state index is 0.408. The van der Waals surface area contributed by atoms with Crippen LogP contribution in [-0.4, -0.2) is 18.9 Å². The summed E-state index contributed by atoms with van der Waals surface area (Å²) in [5.74, 6) is 1.01. The van der Waals surface area contributed by atoms with E-state index in [2.05, 4.69) is 17.4 Å². The zero-order valence-electron chi connectivity index (χ0n) is 8.91. The summed E-state index contributed by atoms with van der Waals surface area (Å²) in [5.41, 5.74) is 1.26. The van der Waals surface area contributed by atoms with E-state index >= 15 is 0 Å². The summed E-state index contributed by atoms with van der Waals surface area (Å²) in [7, 11) is 0. The number of nitrogens with one attached hydrogen (secondary N) is 1. The number of aryl methyl sites for hydroxylation is 1. The Morgan fingerprint density at radius 2 is 2.00 bits per heavy atom. The lowest BCUT2D eigenvalue weighted by Gasteiger charge is -2.26. The Labute approximate surface area is 90.7 Å². The number of carbonyl (C=O) groups excluding carboxylic acids is 1. The van der Waals surface area contributed by atoms with Gasteiger partial charge in [0.05, 0.1) is 0 Å². The fourth-order valence-corrected chi connectivity index (χ4v) is 1.85. The molecule has 0 atom stereocenters. The highest BCUT2D eigenvalue weighted by Gasteiger charge is 2.19. The fraction of sp³-hybridized carbons (Fsp3) is 0.462. The molecule has 15 heavy (non-hydrogen) atoms. The summed E-state index contributed by atoms with van der Waals surface area (Å²) in [5, 5.41) is 3.19. The van der Waals surface area contributed by atoms with Crippen LogP contribution in [0, 0.1) is 5.92 Å². The van der Waals surface area contributed by atoms with Crippen LogP contribution in [0.2, 0.25) is 0 Å². The predicted octanol–water partition coefficient (Wildman–Crippen LogP) is 1.80. The number of hydrogen-bond donors (Lipinski definition) is 1. The number of ketones is 1. The van der Waals surface area contributed by atoms with Gasteiger partial charge in [-0.15, -0.1) is 0 Å². The molecule has 0 aromatic heterocycles. The van der Waals surface area contributed by atoms with E-state index in [0.717, 1.165) is 25.9 Å². The van der Waals surface area contributed by atoms with Gasteiger partial charge in [-0.2, -0.15) is 0 Å². The lowest BCUT2D eigenvalue weighted by atomic mass is 9.94. The molecule has 2 rings (SSSR count). The van der Waals surface area contributed by atoms with Gasteiger partial charge in [0.2, 0.25) is 0 Å². The van der Waals surface area contributed by atoms with Gasteiger partial charge in [0.15, 0.2) is 0 Å². The first-order valence-corrected chi connectivity index (χ1v) is 5.61. The molecule has 0 aliphatic carbocycles. The lowest BCUT2D eigenvalue weighted by Crippen LogP contribution is -2.42. The van der Waals surface area contributed by atoms with E-state index in [9.17, 15) is 4.79 Å². The summed E-state index contributed by atoms with van der Waals surface area (Å²) in [6.45, 7) is 2.05. The molecule has 1 aromatic rings. The maximum atomic E-state index is 11.6. The van der Waals surface area contributed by atoms with Gasteiger partial charge in [-0.1, -0.05) is 30.3 Å². The van der Waals surface area contributed by atoms with Gasteiger partial charge < -0.3 is 5.32 Å². The molecule has 0 spiro atoms. The summed E-state index contributed by atoms with van der Waals surface area (Å²) in [4.78, 5) is 11.6. The minimum atomic E-state index is 0.408. The highest BCUT2D eigenvalue weighted by Crippen LogP contribution is 2.11. The molecule has 1 saturated heterocycles. The third-order valence-electron chi connectivity index (χ3n) is 2.92. The third kappa shape index (κ3) is 3.17. The molecule has 0 radical (unpaired) electrons. The van der Waals surface area contributed by atoms with Crippen molar-refractivity contribution in [3.63, 3.8) is 0 Å². The second-order valence-corrected chi connectivity index (χ2v) is 4.25. The Morgan fingerprint density at radius 1 is 1.27 bits per heavy atom. The third-order valence-corrected chi connectivity index (χ3v) is 2.92. The Morgan fingerprint density at radius 3 is 2.60 bits per heavy atom. The molecule has 1 aromatic carbocycles. The van der Waals surface area contributed by atoms with E-state index < -0.39 is 0 Å². The summed E-state index contributed by atoms with van der Waals surface area (Å²) < 4.78 is 0. The molecule has 0 amide bonds. The van der Waals surface area contributed by atoms with Gasteiger partial charge in [-0.25, -0.2) is 0 Å².